The second kappa shape index (κ2) is 2.67. The molecular formula is C5H10O4S. The molecule has 0 radical (unpaired) electrons. The number of rotatable bonds is 1. The van der Waals surface area contributed by atoms with Gasteiger partial charge in [-0.15, -0.1) is 0 Å². The van der Waals surface area contributed by atoms with Gasteiger partial charge in [-0.05, 0) is 0 Å². The summed E-state index contributed by atoms with van der Waals surface area (Å²) in [7, 11) is 0. The third kappa shape index (κ3) is 1.15. The highest BCUT2D eigenvalue weighted by molar-refractivity contribution is 7.80. The SMILES string of the molecule is O[C@@H]1COC(O)(CS)[C@H]1O. The smallest absolute Gasteiger partial charge is 0.203 e. The minimum absolute atomic E-state index is 0.0226. The fourth-order valence-electron chi connectivity index (χ4n) is 0.846. The van der Waals surface area contributed by atoms with Crippen LogP contribution in [0.1, 0.15) is 0 Å². The van der Waals surface area contributed by atoms with Crippen LogP contribution in [0, 0.1) is 0 Å². The average molecular weight is 166 g/mol. The topological polar surface area (TPSA) is 69.9 Å². The van der Waals surface area contributed by atoms with Gasteiger partial charge >= 0.3 is 0 Å². The molecule has 5 heteroatoms. The maximum absolute atomic E-state index is 9.23. The summed E-state index contributed by atoms with van der Waals surface area (Å²) >= 11 is 3.76. The summed E-state index contributed by atoms with van der Waals surface area (Å²) in [4.78, 5) is 0. The van der Waals surface area contributed by atoms with Gasteiger partial charge in [-0.2, -0.15) is 12.6 Å². The first-order valence-electron chi connectivity index (χ1n) is 2.93. The standard InChI is InChI=1S/C5H10O4S/c6-3-1-9-5(8,2-10)4(3)7/h3-4,6-8,10H,1-2H2/t3-,4+,5?/m1/s1. The van der Waals surface area contributed by atoms with Crippen LogP contribution in [-0.4, -0.2) is 45.7 Å². The molecule has 0 bridgehead atoms. The van der Waals surface area contributed by atoms with Crippen molar-refractivity contribution in [3.8, 4) is 0 Å². The molecule has 0 amide bonds. The molecule has 3 N–H and O–H groups in total. The molecule has 1 unspecified atom stereocenters. The van der Waals surface area contributed by atoms with E-state index in [1.807, 2.05) is 0 Å². The Balaban J connectivity index is 2.64. The second-order valence-electron chi connectivity index (χ2n) is 2.33. The molecule has 1 saturated heterocycles. The van der Waals surface area contributed by atoms with Crippen LogP contribution < -0.4 is 0 Å². The van der Waals surface area contributed by atoms with Crippen LogP contribution in [0.4, 0.5) is 0 Å². The van der Waals surface area contributed by atoms with Crippen LogP contribution in [0.3, 0.4) is 0 Å². The first kappa shape index (κ1) is 8.29. The fraction of sp³-hybridized carbons (Fsp3) is 1.00. The highest BCUT2D eigenvalue weighted by atomic mass is 32.1. The summed E-state index contributed by atoms with van der Waals surface area (Å²) in [5.41, 5.74) is 0. The van der Waals surface area contributed by atoms with E-state index in [9.17, 15) is 5.11 Å². The molecular weight excluding hydrogens is 156 g/mol. The normalized spacial score (nSPS) is 48.0. The van der Waals surface area contributed by atoms with E-state index in [1.54, 1.807) is 0 Å². The Morgan fingerprint density at radius 1 is 1.60 bits per heavy atom. The molecule has 1 fully saturated rings. The summed E-state index contributed by atoms with van der Waals surface area (Å²) in [6, 6.07) is 0. The number of ether oxygens (including phenoxy) is 1. The van der Waals surface area contributed by atoms with E-state index in [2.05, 4.69) is 12.6 Å². The van der Waals surface area contributed by atoms with E-state index < -0.39 is 18.0 Å². The van der Waals surface area contributed by atoms with Crippen molar-refractivity contribution in [1.29, 1.82) is 0 Å². The summed E-state index contributed by atoms with van der Waals surface area (Å²) in [5, 5.41) is 27.2. The van der Waals surface area contributed by atoms with Crippen LogP contribution >= 0.6 is 12.6 Å². The predicted octanol–water partition coefficient (Wildman–Crippen LogP) is -1.64. The summed E-state index contributed by atoms with van der Waals surface area (Å²) < 4.78 is 4.69. The molecule has 0 aromatic heterocycles. The van der Waals surface area contributed by atoms with E-state index in [0.29, 0.717) is 0 Å². The Hall–Kier alpha value is 0.190. The Labute approximate surface area is 63.8 Å². The highest BCUT2D eigenvalue weighted by Crippen LogP contribution is 2.24. The molecule has 0 aromatic carbocycles. The zero-order chi connectivity index (χ0) is 7.78. The lowest BCUT2D eigenvalue weighted by molar-refractivity contribution is -0.197. The van der Waals surface area contributed by atoms with Crippen molar-refractivity contribution in [1.82, 2.24) is 0 Å². The third-order valence-corrected chi connectivity index (χ3v) is 2.01. The van der Waals surface area contributed by atoms with Crippen LogP contribution in [0.25, 0.3) is 0 Å². The maximum atomic E-state index is 9.23. The lowest BCUT2D eigenvalue weighted by Crippen LogP contribution is -2.44. The summed E-state index contributed by atoms with van der Waals surface area (Å²) in [5.74, 6) is -1.69. The molecule has 1 heterocycles. The van der Waals surface area contributed by atoms with Crippen LogP contribution in [0.2, 0.25) is 0 Å². The molecule has 10 heavy (non-hydrogen) atoms. The van der Waals surface area contributed by atoms with Gasteiger partial charge in [0.15, 0.2) is 0 Å². The van der Waals surface area contributed by atoms with Crippen LogP contribution in [0.15, 0.2) is 0 Å². The molecule has 1 aliphatic heterocycles. The Kier molecular flexibility index (Phi) is 2.21. The Bertz CT molecular complexity index is 131. The molecule has 0 saturated carbocycles. The van der Waals surface area contributed by atoms with Crippen molar-refractivity contribution < 1.29 is 20.1 Å². The van der Waals surface area contributed by atoms with Crippen molar-refractivity contribution in [2.24, 2.45) is 0 Å². The zero-order valence-electron chi connectivity index (χ0n) is 5.27. The lowest BCUT2D eigenvalue weighted by atomic mass is 10.1. The highest BCUT2D eigenvalue weighted by Gasteiger charge is 2.46. The largest absolute Gasteiger partial charge is 0.388 e. The molecule has 60 valence electrons. The molecule has 4 nitrogen and oxygen atoms in total. The summed E-state index contributed by atoms with van der Waals surface area (Å²) in [6.07, 6.45) is -2.25. The van der Waals surface area contributed by atoms with Crippen molar-refractivity contribution in [2.75, 3.05) is 12.4 Å². The zero-order valence-corrected chi connectivity index (χ0v) is 6.16. The average Bonchev–Trinajstić information content (AvgIpc) is 2.19. The summed E-state index contributed by atoms with van der Waals surface area (Å²) in [6.45, 7) is -0.0434. The van der Waals surface area contributed by atoms with Gasteiger partial charge in [0, 0.05) is 5.75 Å². The van der Waals surface area contributed by atoms with Crippen molar-refractivity contribution in [3.63, 3.8) is 0 Å². The van der Waals surface area contributed by atoms with Gasteiger partial charge in [-0.25, -0.2) is 0 Å². The van der Waals surface area contributed by atoms with Gasteiger partial charge in [0.25, 0.3) is 0 Å². The number of aliphatic hydroxyl groups is 3. The predicted molar refractivity (Wildman–Crippen MR) is 36.8 cm³/mol. The van der Waals surface area contributed by atoms with Gasteiger partial charge in [0.05, 0.1) is 6.61 Å². The van der Waals surface area contributed by atoms with Gasteiger partial charge in [-0.1, -0.05) is 0 Å². The van der Waals surface area contributed by atoms with E-state index >= 15 is 0 Å². The molecule has 1 aliphatic rings. The van der Waals surface area contributed by atoms with E-state index in [1.165, 1.54) is 0 Å². The number of thiol groups is 1. The van der Waals surface area contributed by atoms with Crippen LogP contribution in [0.5, 0.6) is 0 Å². The fourth-order valence-corrected chi connectivity index (χ4v) is 1.12. The molecule has 1 rings (SSSR count). The second-order valence-corrected chi connectivity index (χ2v) is 2.64. The van der Waals surface area contributed by atoms with Crippen molar-refractivity contribution >= 4 is 12.6 Å². The van der Waals surface area contributed by atoms with Gasteiger partial charge < -0.3 is 20.1 Å². The molecule has 3 atom stereocenters. The maximum Gasteiger partial charge on any atom is 0.203 e. The van der Waals surface area contributed by atoms with Crippen molar-refractivity contribution in [3.05, 3.63) is 0 Å². The lowest BCUT2D eigenvalue weighted by Gasteiger charge is -2.22. The van der Waals surface area contributed by atoms with Gasteiger partial charge in [0.1, 0.15) is 12.2 Å². The van der Waals surface area contributed by atoms with Crippen LogP contribution in [-0.2, 0) is 4.74 Å². The Morgan fingerprint density at radius 3 is 2.40 bits per heavy atom. The third-order valence-electron chi connectivity index (χ3n) is 1.56. The van der Waals surface area contributed by atoms with E-state index in [0.717, 1.165) is 0 Å². The minimum Gasteiger partial charge on any atom is -0.388 e. The number of hydrogen-bond donors (Lipinski definition) is 4. The van der Waals surface area contributed by atoms with E-state index in [-0.39, 0.29) is 12.4 Å². The molecule has 0 aromatic rings. The first-order valence-corrected chi connectivity index (χ1v) is 3.57. The van der Waals surface area contributed by atoms with E-state index in [4.69, 9.17) is 14.9 Å². The first-order chi connectivity index (χ1) is 4.60. The Morgan fingerprint density at radius 2 is 2.20 bits per heavy atom. The molecule has 0 aliphatic carbocycles. The minimum atomic E-state index is -1.66. The van der Waals surface area contributed by atoms with Gasteiger partial charge in [-0.3, -0.25) is 0 Å². The molecule has 0 spiro atoms. The monoisotopic (exact) mass is 166 g/mol. The van der Waals surface area contributed by atoms with Crippen molar-refractivity contribution in [2.45, 2.75) is 18.0 Å². The number of hydrogen-bond acceptors (Lipinski definition) is 5. The van der Waals surface area contributed by atoms with Gasteiger partial charge in [0.2, 0.25) is 5.79 Å². The quantitative estimate of drug-likeness (QED) is 0.353. The number of aliphatic hydroxyl groups excluding tert-OH is 2.